The van der Waals surface area contributed by atoms with Gasteiger partial charge >= 0.3 is 6.18 Å². The van der Waals surface area contributed by atoms with Gasteiger partial charge in [0.15, 0.2) is 5.78 Å². The summed E-state index contributed by atoms with van der Waals surface area (Å²) >= 11 is 0. The monoisotopic (exact) mass is 455 g/mol. The molecule has 4 heterocycles. The molecule has 172 valence electrons. The van der Waals surface area contributed by atoms with E-state index in [9.17, 15) is 27.2 Å². The number of halogens is 4. The SMILES string of the molecule is C[C@@H]1COCCN1c1cc(=O)n2c(n1)N(CC(=O)c1ccc(F)cn1)[C@H](C(F)(F)F)CC2. The highest BCUT2D eigenvalue weighted by Crippen LogP contribution is 2.34. The lowest BCUT2D eigenvalue weighted by Gasteiger charge is -2.40. The van der Waals surface area contributed by atoms with Crippen molar-refractivity contribution in [3.63, 3.8) is 0 Å². The molecule has 0 radical (unpaired) electrons. The molecule has 2 aromatic rings. The molecule has 1 saturated heterocycles. The molecule has 2 aromatic heterocycles. The van der Waals surface area contributed by atoms with Crippen molar-refractivity contribution in [2.75, 3.05) is 36.1 Å². The molecule has 1 fully saturated rings. The van der Waals surface area contributed by atoms with Gasteiger partial charge in [-0.15, -0.1) is 0 Å². The van der Waals surface area contributed by atoms with Crippen molar-refractivity contribution in [2.24, 2.45) is 0 Å². The van der Waals surface area contributed by atoms with Gasteiger partial charge in [0.25, 0.3) is 5.56 Å². The summed E-state index contributed by atoms with van der Waals surface area (Å²) in [6, 6.07) is 1.28. The van der Waals surface area contributed by atoms with Gasteiger partial charge in [-0.2, -0.15) is 18.2 Å². The summed E-state index contributed by atoms with van der Waals surface area (Å²) in [5.74, 6) is -1.41. The molecule has 2 aliphatic heterocycles. The van der Waals surface area contributed by atoms with Crippen LogP contribution in [0.25, 0.3) is 0 Å². The summed E-state index contributed by atoms with van der Waals surface area (Å²) in [5, 5.41) is 0. The molecule has 0 spiro atoms. The van der Waals surface area contributed by atoms with E-state index < -0.39 is 42.3 Å². The molecular weight excluding hydrogens is 434 g/mol. The second-order valence-corrected chi connectivity index (χ2v) is 7.78. The first-order chi connectivity index (χ1) is 15.1. The highest BCUT2D eigenvalue weighted by Gasteiger charge is 2.47. The largest absolute Gasteiger partial charge is 0.408 e. The summed E-state index contributed by atoms with van der Waals surface area (Å²) in [5.41, 5.74) is -0.675. The number of morpholine rings is 1. The third-order valence-corrected chi connectivity index (χ3v) is 5.60. The number of carbonyl (C=O) groups is 1. The van der Waals surface area contributed by atoms with Crippen LogP contribution in [0.3, 0.4) is 0 Å². The van der Waals surface area contributed by atoms with Gasteiger partial charge < -0.3 is 14.5 Å². The average molecular weight is 455 g/mol. The summed E-state index contributed by atoms with van der Waals surface area (Å²) in [6.45, 7) is 2.19. The first-order valence-electron chi connectivity index (χ1n) is 10.1. The van der Waals surface area contributed by atoms with Crippen molar-refractivity contribution >= 4 is 17.5 Å². The maximum atomic E-state index is 13.8. The highest BCUT2D eigenvalue weighted by molar-refractivity contribution is 5.97. The van der Waals surface area contributed by atoms with Crippen LogP contribution >= 0.6 is 0 Å². The molecule has 2 aliphatic rings. The molecule has 8 nitrogen and oxygen atoms in total. The van der Waals surface area contributed by atoms with Crippen molar-refractivity contribution in [1.82, 2.24) is 14.5 Å². The Morgan fingerprint density at radius 2 is 2.06 bits per heavy atom. The van der Waals surface area contributed by atoms with Gasteiger partial charge in [-0.05, 0) is 25.5 Å². The van der Waals surface area contributed by atoms with Crippen LogP contribution in [0.15, 0.2) is 29.2 Å². The van der Waals surface area contributed by atoms with Gasteiger partial charge in [-0.1, -0.05) is 0 Å². The molecule has 32 heavy (non-hydrogen) atoms. The van der Waals surface area contributed by atoms with Gasteiger partial charge in [0.2, 0.25) is 5.95 Å². The number of ketones is 1. The molecule has 12 heteroatoms. The first kappa shape index (κ1) is 22.2. The Labute approximate surface area is 180 Å². The molecule has 0 aliphatic carbocycles. The van der Waals surface area contributed by atoms with E-state index in [4.69, 9.17) is 4.74 Å². The van der Waals surface area contributed by atoms with E-state index in [1.54, 1.807) is 4.90 Å². The lowest BCUT2D eigenvalue weighted by molar-refractivity contribution is -0.152. The number of carbonyl (C=O) groups excluding carboxylic acids is 1. The lowest BCUT2D eigenvalue weighted by Crippen LogP contribution is -2.54. The predicted octanol–water partition coefficient (Wildman–Crippen LogP) is 2.03. The normalized spacial score (nSPS) is 21.4. The van der Waals surface area contributed by atoms with E-state index in [-0.39, 0.29) is 30.0 Å². The number of anilines is 2. The number of nitrogens with zero attached hydrogens (tertiary/aromatic N) is 5. The van der Waals surface area contributed by atoms with Crippen LogP contribution in [0.4, 0.5) is 29.3 Å². The number of fused-ring (bicyclic) bond motifs is 1. The van der Waals surface area contributed by atoms with E-state index in [0.29, 0.717) is 19.8 Å². The van der Waals surface area contributed by atoms with Crippen LogP contribution < -0.4 is 15.4 Å². The fourth-order valence-corrected chi connectivity index (χ4v) is 3.97. The zero-order chi connectivity index (χ0) is 23.0. The zero-order valence-electron chi connectivity index (χ0n) is 17.2. The molecule has 4 rings (SSSR count). The Morgan fingerprint density at radius 1 is 1.28 bits per heavy atom. The number of hydrogen-bond donors (Lipinski definition) is 0. The molecule has 0 aromatic carbocycles. The highest BCUT2D eigenvalue weighted by atomic mass is 19.4. The van der Waals surface area contributed by atoms with Crippen LogP contribution in [0.5, 0.6) is 0 Å². The first-order valence-corrected chi connectivity index (χ1v) is 10.1. The molecule has 0 N–H and O–H groups in total. The number of rotatable bonds is 4. The number of hydrogen-bond acceptors (Lipinski definition) is 7. The summed E-state index contributed by atoms with van der Waals surface area (Å²) < 4.78 is 61.2. The van der Waals surface area contributed by atoms with E-state index in [1.807, 2.05) is 6.92 Å². The quantitative estimate of drug-likeness (QED) is 0.516. The molecular formula is C20H21F4N5O3. The number of alkyl halides is 3. The molecule has 0 saturated carbocycles. The van der Waals surface area contributed by atoms with Crippen LogP contribution in [0, 0.1) is 5.82 Å². The standard InChI is InChI=1S/C20H21F4N5O3/c1-12-11-32-7-6-27(12)17-8-18(31)28-5-4-16(20(22,23)24)29(19(28)26-17)10-15(30)14-3-2-13(21)9-25-14/h2-3,8-9,12,16H,4-7,10-11H2,1H3/t12-,16+/m1/s1. The number of pyridine rings is 1. The van der Waals surface area contributed by atoms with Gasteiger partial charge in [-0.25, -0.2) is 4.39 Å². The minimum atomic E-state index is -4.65. The van der Waals surface area contributed by atoms with E-state index >= 15 is 0 Å². The Morgan fingerprint density at radius 3 is 2.72 bits per heavy atom. The van der Waals surface area contributed by atoms with Crippen LogP contribution in [-0.4, -0.2) is 64.9 Å². The van der Waals surface area contributed by atoms with Gasteiger partial charge in [0.05, 0.1) is 32.0 Å². The maximum absolute atomic E-state index is 13.8. The Hall–Kier alpha value is -3.02. The minimum Gasteiger partial charge on any atom is -0.377 e. The van der Waals surface area contributed by atoms with Crippen LogP contribution in [-0.2, 0) is 11.3 Å². The van der Waals surface area contributed by atoms with Crippen LogP contribution in [0.2, 0.25) is 0 Å². The smallest absolute Gasteiger partial charge is 0.377 e. The minimum absolute atomic E-state index is 0.126. The third kappa shape index (κ3) is 4.31. The summed E-state index contributed by atoms with van der Waals surface area (Å²) in [7, 11) is 0. The average Bonchev–Trinajstić information content (AvgIpc) is 2.74. The number of ether oxygens (including phenoxy) is 1. The van der Waals surface area contributed by atoms with E-state index in [1.165, 1.54) is 6.07 Å². The van der Waals surface area contributed by atoms with Crippen molar-refractivity contribution in [2.45, 2.75) is 38.1 Å². The second kappa shape index (κ2) is 8.49. The van der Waals surface area contributed by atoms with Crippen molar-refractivity contribution in [3.05, 3.63) is 46.3 Å². The van der Waals surface area contributed by atoms with Crippen molar-refractivity contribution in [1.29, 1.82) is 0 Å². The lowest BCUT2D eigenvalue weighted by atomic mass is 10.1. The van der Waals surface area contributed by atoms with Gasteiger partial charge in [-0.3, -0.25) is 19.1 Å². The molecule has 0 unspecified atom stereocenters. The molecule has 2 atom stereocenters. The summed E-state index contributed by atoms with van der Waals surface area (Å²) in [6.07, 6.45) is -4.24. The Bertz CT molecular complexity index is 1060. The Balaban J connectivity index is 1.75. The van der Waals surface area contributed by atoms with E-state index in [2.05, 4.69) is 9.97 Å². The van der Waals surface area contributed by atoms with Crippen LogP contribution in [0.1, 0.15) is 23.8 Å². The maximum Gasteiger partial charge on any atom is 0.408 e. The van der Waals surface area contributed by atoms with Crippen molar-refractivity contribution < 1.29 is 27.1 Å². The van der Waals surface area contributed by atoms with Gasteiger partial charge in [0, 0.05) is 19.2 Å². The third-order valence-electron chi connectivity index (χ3n) is 5.60. The van der Waals surface area contributed by atoms with Gasteiger partial charge in [0.1, 0.15) is 23.4 Å². The topological polar surface area (TPSA) is 80.6 Å². The number of Topliss-reactive ketones (excluding diaryl/α,β-unsaturated/α-hetero) is 1. The second-order valence-electron chi connectivity index (χ2n) is 7.78. The zero-order valence-corrected chi connectivity index (χ0v) is 17.2. The van der Waals surface area contributed by atoms with E-state index in [0.717, 1.165) is 27.8 Å². The Kier molecular flexibility index (Phi) is 5.89. The predicted molar refractivity (Wildman–Crippen MR) is 106 cm³/mol. The fourth-order valence-electron chi connectivity index (χ4n) is 3.97. The molecule has 0 amide bonds. The number of aromatic nitrogens is 3. The summed E-state index contributed by atoms with van der Waals surface area (Å²) in [4.78, 5) is 36.1. The van der Waals surface area contributed by atoms with Crippen molar-refractivity contribution in [3.8, 4) is 0 Å². The fraction of sp³-hybridized carbons (Fsp3) is 0.500. The molecule has 0 bridgehead atoms.